The Labute approximate surface area is 204 Å². The number of aryl methyl sites for hydroxylation is 1. The zero-order valence-electron chi connectivity index (χ0n) is 18.8. The van der Waals surface area contributed by atoms with E-state index in [9.17, 15) is 21.6 Å². The van der Waals surface area contributed by atoms with Crippen LogP contribution in [0.4, 0.5) is 17.1 Å². The molecule has 3 rings (SSSR count). The quantitative estimate of drug-likeness (QED) is 0.484. The largest absolute Gasteiger partial charge is 0.324 e. The van der Waals surface area contributed by atoms with Crippen molar-refractivity contribution in [2.75, 3.05) is 33.8 Å². The van der Waals surface area contributed by atoms with Gasteiger partial charge in [-0.15, -0.1) is 0 Å². The lowest BCUT2D eigenvalue weighted by molar-refractivity contribution is -0.114. The van der Waals surface area contributed by atoms with Crippen molar-refractivity contribution in [1.29, 1.82) is 0 Å². The Morgan fingerprint density at radius 1 is 0.912 bits per heavy atom. The molecule has 0 aliphatic carbocycles. The minimum absolute atomic E-state index is 0.0120. The molecule has 0 heterocycles. The standard InChI is InChI=1S/C23H24ClN3O5S2/c1-17-7-11-20(12-8-17)27(34(31,32)22-13-9-18(24)10-14-22)16-23(28)25-19-5-4-6-21(15-19)26(2)33(3,29)30/h4-15H,16H2,1-3H3,(H,25,28). The molecular formula is C23H24ClN3O5S2. The van der Waals surface area contributed by atoms with Crippen LogP contribution in [0.15, 0.2) is 77.7 Å². The second-order valence-electron chi connectivity index (χ2n) is 7.63. The van der Waals surface area contributed by atoms with Gasteiger partial charge in [-0.2, -0.15) is 0 Å². The van der Waals surface area contributed by atoms with E-state index in [1.54, 1.807) is 42.5 Å². The van der Waals surface area contributed by atoms with Crippen LogP contribution in [0, 0.1) is 6.92 Å². The number of sulfonamides is 2. The summed E-state index contributed by atoms with van der Waals surface area (Å²) < 4.78 is 52.5. The summed E-state index contributed by atoms with van der Waals surface area (Å²) in [5, 5.41) is 3.03. The Balaban J connectivity index is 1.91. The summed E-state index contributed by atoms with van der Waals surface area (Å²) in [6.07, 6.45) is 1.07. The van der Waals surface area contributed by atoms with Crippen molar-refractivity contribution in [2.24, 2.45) is 0 Å². The maximum atomic E-state index is 13.4. The first-order valence-electron chi connectivity index (χ1n) is 10.1. The summed E-state index contributed by atoms with van der Waals surface area (Å²) in [5.74, 6) is -0.600. The highest BCUT2D eigenvalue weighted by Crippen LogP contribution is 2.26. The SMILES string of the molecule is Cc1ccc(N(CC(=O)Nc2cccc(N(C)S(C)(=O)=O)c2)S(=O)(=O)c2ccc(Cl)cc2)cc1. The van der Waals surface area contributed by atoms with Crippen LogP contribution in [0.1, 0.15) is 5.56 Å². The molecular weight excluding hydrogens is 498 g/mol. The van der Waals surface area contributed by atoms with E-state index in [-0.39, 0.29) is 4.90 Å². The monoisotopic (exact) mass is 521 g/mol. The summed E-state index contributed by atoms with van der Waals surface area (Å²) in [7, 11) is -6.18. The number of hydrogen-bond donors (Lipinski definition) is 1. The molecule has 11 heteroatoms. The zero-order valence-corrected chi connectivity index (χ0v) is 21.2. The van der Waals surface area contributed by atoms with Gasteiger partial charge in [0.25, 0.3) is 10.0 Å². The third-order valence-corrected chi connectivity index (χ3v) is 8.25. The number of benzene rings is 3. The number of nitrogens with zero attached hydrogens (tertiary/aromatic N) is 2. The van der Waals surface area contributed by atoms with Crippen LogP contribution in [-0.4, -0.2) is 42.6 Å². The molecule has 0 aliphatic heterocycles. The third kappa shape index (κ3) is 6.07. The zero-order chi connectivity index (χ0) is 25.1. The van der Waals surface area contributed by atoms with Crippen LogP contribution in [-0.2, 0) is 24.8 Å². The molecule has 180 valence electrons. The molecule has 34 heavy (non-hydrogen) atoms. The maximum absolute atomic E-state index is 13.4. The second-order valence-corrected chi connectivity index (χ2v) is 11.9. The average molecular weight is 522 g/mol. The number of rotatable bonds is 8. The normalized spacial score (nSPS) is 11.6. The van der Waals surface area contributed by atoms with E-state index in [4.69, 9.17) is 11.6 Å². The highest BCUT2D eigenvalue weighted by atomic mass is 35.5. The van der Waals surface area contributed by atoms with Gasteiger partial charge in [-0.3, -0.25) is 13.4 Å². The first-order chi connectivity index (χ1) is 15.9. The van der Waals surface area contributed by atoms with Crippen LogP contribution < -0.4 is 13.9 Å². The molecule has 0 atom stereocenters. The van der Waals surface area contributed by atoms with E-state index in [1.165, 1.54) is 37.4 Å². The van der Waals surface area contributed by atoms with Gasteiger partial charge in [0.15, 0.2) is 0 Å². The Bertz CT molecular complexity index is 1390. The molecule has 0 radical (unpaired) electrons. The lowest BCUT2D eigenvalue weighted by Crippen LogP contribution is -2.38. The summed E-state index contributed by atoms with van der Waals surface area (Å²) in [4.78, 5) is 12.9. The fraction of sp³-hybridized carbons (Fsp3) is 0.174. The predicted molar refractivity (Wildman–Crippen MR) is 135 cm³/mol. The van der Waals surface area contributed by atoms with Gasteiger partial charge in [-0.05, 0) is 61.5 Å². The summed E-state index contributed by atoms with van der Waals surface area (Å²) in [6, 6.07) is 18.7. The smallest absolute Gasteiger partial charge is 0.264 e. The first-order valence-corrected chi connectivity index (χ1v) is 13.7. The Morgan fingerprint density at radius 2 is 1.53 bits per heavy atom. The van der Waals surface area contributed by atoms with Gasteiger partial charge >= 0.3 is 0 Å². The van der Waals surface area contributed by atoms with E-state index >= 15 is 0 Å². The molecule has 0 aromatic heterocycles. The van der Waals surface area contributed by atoms with Gasteiger partial charge in [-0.25, -0.2) is 16.8 Å². The van der Waals surface area contributed by atoms with Crippen molar-refractivity contribution < 1.29 is 21.6 Å². The minimum Gasteiger partial charge on any atom is -0.324 e. The van der Waals surface area contributed by atoms with E-state index in [0.29, 0.717) is 22.1 Å². The average Bonchev–Trinajstić information content (AvgIpc) is 2.77. The number of halogens is 1. The minimum atomic E-state index is -4.09. The van der Waals surface area contributed by atoms with E-state index in [0.717, 1.165) is 20.4 Å². The van der Waals surface area contributed by atoms with Crippen molar-refractivity contribution >= 4 is 54.6 Å². The lowest BCUT2D eigenvalue weighted by Gasteiger charge is -2.24. The first kappa shape index (κ1) is 25.5. The van der Waals surface area contributed by atoms with Crippen LogP contribution in [0.2, 0.25) is 5.02 Å². The van der Waals surface area contributed by atoms with Crippen LogP contribution in [0.5, 0.6) is 0 Å². The molecule has 1 N–H and O–H groups in total. The van der Waals surface area contributed by atoms with Crippen molar-refractivity contribution in [1.82, 2.24) is 0 Å². The topological polar surface area (TPSA) is 104 Å². The number of anilines is 3. The van der Waals surface area contributed by atoms with Gasteiger partial charge in [0.1, 0.15) is 6.54 Å². The van der Waals surface area contributed by atoms with E-state index in [1.807, 2.05) is 6.92 Å². The molecule has 0 bridgehead atoms. The van der Waals surface area contributed by atoms with Crippen LogP contribution in [0.25, 0.3) is 0 Å². The molecule has 0 fully saturated rings. The van der Waals surface area contributed by atoms with Gasteiger partial charge in [0, 0.05) is 17.8 Å². The summed E-state index contributed by atoms with van der Waals surface area (Å²) >= 11 is 5.90. The van der Waals surface area contributed by atoms with E-state index < -0.39 is 32.5 Å². The predicted octanol–water partition coefficient (Wildman–Crippen LogP) is 3.88. The van der Waals surface area contributed by atoms with Crippen molar-refractivity contribution in [2.45, 2.75) is 11.8 Å². The maximum Gasteiger partial charge on any atom is 0.264 e. The van der Waals surface area contributed by atoms with Crippen molar-refractivity contribution in [3.63, 3.8) is 0 Å². The Hall–Kier alpha value is -3.08. The molecule has 3 aromatic rings. The van der Waals surface area contributed by atoms with Gasteiger partial charge in [0.05, 0.1) is 22.5 Å². The highest BCUT2D eigenvalue weighted by Gasteiger charge is 2.27. The van der Waals surface area contributed by atoms with Gasteiger partial charge in [-0.1, -0.05) is 35.4 Å². The van der Waals surface area contributed by atoms with Gasteiger partial charge < -0.3 is 5.32 Å². The van der Waals surface area contributed by atoms with E-state index in [2.05, 4.69) is 5.32 Å². The fourth-order valence-corrected chi connectivity index (χ4v) is 5.11. The second kappa shape index (κ2) is 10.0. The van der Waals surface area contributed by atoms with Crippen LogP contribution >= 0.6 is 11.6 Å². The number of nitrogens with one attached hydrogen (secondary N) is 1. The molecule has 0 saturated carbocycles. The molecule has 0 saturated heterocycles. The Morgan fingerprint density at radius 3 is 2.12 bits per heavy atom. The molecule has 0 spiro atoms. The molecule has 0 aliphatic rings. The lowest BCUT2D eigenvalue weighted by atomic mass is 10.2. The fourth-order valence-electron chi connectivity index (χ4n) is 3.06. The molecule has 3 aromatic carbocycles. The molecule has 8 nitrogen and oxygen atoms in total. The van der Waals surface area contributed by atoms with Crippen molar-refractivity contribution in [3.8, 4) is 0 Å². The van der Waals surface area contributed by atoms with Crippen molar-refractivity contribution in [3.05, 3.63) is 83.4 Å². The molecule has 0 unspecified atom stereocenters. The van der Waals surface area contributed by atoms with Crippen LogP contribution in [0.3, 0.4) is 0 Å². The Kier molecular flexibility index (Phi) is 7.54. The summed E-state index contributed by atoms with van der Waals surface area (Å²) in [6.45, 7) is 1.37. The summed E-state index contributed by atoms with van der Waals surface area (Å²) in [5.41, 5.74) is 1.93. The molecule has 1 amide bonds. The number of carbonyl (C=O) groups excluding carboxylic acids is 1. The third-order valence-electron chi connectivity index (χ3n) is 5.00. The number of hydrogen-bond acceptors (Lipinski definition) is 5. The number of carbonyl (C=O) groups is 1. The van der Waals surface area contributed by atoms with Gasteiger partial charge in [0.2, 0.25) is 15.9 Å². The highest BCUT2D eigenvalue weighted by molar-refractivity contribution is 7.93. The number of amides is 1.